The number of pyridine rings is 1. The van der Waals surface area contributed by atoms with Crippen LogP contribution < -0.4 is 5.73 Å². The molecule has 0 bridgehead atoms. The van der Waals surface area contributed by atoms with Gasteiger partial charge >= 0.3 is 0 Å². The summed E-state index contributed by atoms with van der Waals surface area (Å²) in [5.41, 5.74) is 9.02. The Morgan fingerprint density at radius 1 is 1.38 bits per heavy atom. The van der Waals surface area contributed by atoms with Crippen LogP contribution in [0.15, 0.2) is 18.2 Å². The van der Waals surface area contributed by atoms with E-state index in [2.05, 4.69) is 24.9 Å². The Balaban J connectivity index is 2.73. The molecular weight excluding hydrogens is 220 g/mol. The number of aromatic nitrogens is 1. The number of nitrogens with two attached hydrogens (primary N) is 1. The summed E-state index contributed by atoms with van der Waals surface area (Å²) in [6, 6.07) is 5.99. The quantitative estimate of drug-likeness (QED) is 0.860. The van der Waals surface area contributed by atoms with Crippen molar-refractivity contribution in [1.29, 1.82) is 0 Å². The van der Waals surface area contributed by atoms with E-state index in [0.717, 1.165) is 29.3 Å². The van der Waals surface area contributed by atoms with E-state index in [-0.39, 0.29) is 0 Å². The average Bonchev–Trinajstić information content (AvgIpc) is 2.26. The van der Waals surface area contributed by atoms with Crippen LogP contribution in [0.5, 0.6) is 0 Å². The number of fused-ring (bicyclic) bond motifs is 1. The van der Waals surface area contributed by atoms with Gasteiger partial charge in [-0.05, 0) is 36.6 Å². The Kier molecular flexibility index (Phi) is 3.01. The molecule has 1 aromatic heterocycles. The van der Waals surface area contributed by atoms with E-state index in [1.165, 1.54) is 5.56 Å². The van der Waals surface area contributed by atoms with Crippen LogP contribution in [0.4, 0.5) is 5.82 Å². The molecule has 2 nitrogen and oxygen atoms in total. The lowest BCUT2D eigenvalue weighted by Gasteiger charge is -2.09. The zero-order chi connectivity index (χ0) is 11.7. The minimum absolute atomic E-state index is 0.599. The van der Waals surface area contributed by atoms with Crippen LogP contribution in [-0.4, -0.2) is 4.98 Å². The van der Waals surface area contributed by atoms with Gasteiger partial charge in [-0.1, -0.05) is 31.0 Å². The van der Waals surface area contributed by atoms with Crippen LogP contribution in [0, 0.1) is 6.92 Å². The standard InChI is InChI=1S/C13H15ClN2/c1-3-4-9-7-10-8(2)5-6-11(14)12(10)16-13(9)15/h5-7H,3-4H2,1-2H3,(H2,15,16). The van der Waals surface area contributed by atoms with Crippen molar-refractivity contribution in [3.63, 3.8) is 0 Å². The van der Waals surface area contributed by atoms with Crippen LogP contribution in [-0.2, 0) is 6.42 Å². The highest BCUT2D eigenvalue weighted by atomic mass is 35.5. The first-order valence-electron chi connectivity index (χ1n) is 5.47. The van der Waals surface area contributed by atoms with Crippen molar-refractivity contribution in [3.05, 3.63) is 34.3 Å². The maximum atomic E-state index is 6.11. The van der Waals surface area contributed by atoms with Crippen molar-refractivity contribution >= 4 is 28.3 Å². The maximum absolute atomic E-state index is 6.11. The summed E-state index contributed by atoms with van der Waals surface area (Å²) < 4.78 is 0. The lowest BCUT2D eigenvalue weighted by molar-refractivity contribution is 0.921. The molecule has 1 heterocycles. The molecule has 2 aromatic rings. The highest BCUT2D eigenvalue weighted by Gasteiger charge is 2.08. The number of halogens is 1. The van der Waals surface area contributed by atoms with Gasteiger partial charge in [-0.3, -0.25) is 0 Å². The first-order valence-corrected chi connectivity index (χ1v) is 5.85. The molecule has 2 rings (SSSR count). The number of benzene rings is 1. The summed E-state index contributed by atoms with van der Waals surface area (Å²) in [5, 5.41) is 1.76. The van der Waals surface area contributed by atoms with Crippen LogP contribution in [0.25, 0.3) is 10.9 Å². The molecule has 0 spiro atoms. The number of nitrogen functional groups attached to an aromatic ring is 1. The highest BCUT2D eigenvalue weighted by molar-refractivity contribution is 6.35. The Morgan fingerprint density at radius 2 is 2.12 bits per heavy atom. The smallest absolute Gasteiger partial charge is 0.127 e. The first kappa shape index (κ1) is 11.2. The summed E-state index contributed by atoms with van der Waals surface area (Å²) >= 11 is 6.11. The van der Waals surface area contributed by atoms with Crippen LogP contribution in [0.3, 0.4) is 0 Å². The van der Waals surface area contributed by atoms with Gasteiger partial charge in [-0.2, -0.15) is 0 Å². The molecule has 3 heteroatoms. The van der Waals surface area contributed by atoms with Crippen LogP contribution in [0.2, 0.25) is 5.02 Å². The Bertz CT molecular complexity index is 535. The molecule has 1 aromatic carbocycles. The molecule has 0 aliphatic carbocycles. The van der Waals surface area contributed by atoms with Crippen molar-refractivity contribution in [2.45, 2.75) is 26.7 Å². The van der Waals surface area contributed by atoms with Gasteiger partial charge in [0.05, 0.1) is 10.5 Å². The van der Waals surface area contributed by atoms with E-state index < -0.39 is 0 Å². The molecule has 2 N–H and O–H groups in total. The van der Waals surface area contributed by atoms with Gasteiger partial charge in [0.1, 0.15) is 5.82 Å². The predicted molar refractivity (Wildman–Crippen MR) is 69.9 cm³/mol. The van der Waals surface area contributed by atoms with E-state index in [1.807, 2.05) is 12.1 Å². The van der Waals surface area contributed by atoms with Gasteiger partial charge in [-0.25, -0.2) is 4.98 Å². The Hall–Kier alpha value is -1.28. The fraction of sp³-hybridized carbons (Fsp3) is 0.308. The Labute approximate surface area is 100 Å². The fourth-order valence-electron chi connectivity index (χ4n) is 1.89. The molecule has 0 aliphatic rings. The molecule has 0 fully saturated rings. The topological polar surface area (TPSA) is 38.9 Å². The van der Waals surface area contributed by atoms with E-state index in [0.29, 0.717) is 10.8 Å². The lowest BCUT2D eigenvalue weighted by Crippen LogP contribution is -1.99. The summed E-state index contributed by atoms with van der Waals surface area (Å²) in [6.45, 7) is 4.20. The van der Waals surface area contributed by atoms with E-state index in [1.54, 1.807) is 0 Å². The minimum atomic E-state index is 0.599. The van der Waals surface area contributed by atoms with Crippen molar-refractivity contribution in [1.82, 2.24) is 4.98 Å². The number of anilines is 1. The van der Waals surface area contributed by atoms with Crippen LogP contribution >= 0.6 is 11.6 Å². The predicted octanol–water partition coefficient (Wildman–Crippen LogP) is 3.73. The number of rotatable bonds is 2. The lowest BCUT2D eigenvalue weighted by atomic mass is 10.0. The number of nitrogens with zero attached hydrogens (tertiary/aromatic N) is 1. The molecule has 0 atom stereocenters. The summed E-state index contributed by atoms with van der Waals surface area (Å²) in [4.78, 5) is 4.40. The molecule has 0 saturated heterocycles. The van der Waals surface area contributed by atoms with Crippen LogP contribution in [0.1, 0.15) is 24.5 Å². The third-order valence-electron chi connectivity index (χ3n) is 2.79. The fourth-order valence-corrected chi connectivity index (χ4v) is 2.10. The van der Waals surface area contributed by atoms with Gasteiger partial charge in [0, 0.05) is 5.39 Å². The minimum Gasteiger partial charge on any atom is -0.383 e. The SMILES string of the molecule is CCCc1cc2c(C)ccc(Cl)c2nc1N. The Morgan fingerprint density at radius 3 is 2.81 bits per heavy atom. The second-order valence-corrected chi connectivity index (χ2v) is 4.45. The molecule has 16 heavy (non-hydrogen) atoms. The third-order valence-corrected chi connectivity index (χ3v) is 3.09. The first-order chi connectivity index (χ1) is 7.63. The van der Waals surface area contributed by atoms with Gasteiger partial charge in [0.2, 0.25) is 0 Å². The average molecular weight is 235 g/mol. The molecule has 84 valence electrons. The number of hydrogen-bond donors (Lipinski definition) is 1. The number of aryl methyl sites for hydroxylation is 2. The van der Waals surface area contributed by atoms with Crippen molar-refractivity contribution < 1.29 is 0 Å². The van der Waals surface area contributed by atoms with Gasteiger partial charge < -0.3 is 5.73 Å². The molecule has 0 amide bonds. The second-order valence-electron chi connectivity index (χ2n) is 4.04. The largest absolute Gasteiger partial charge is 0.383 e. The van der Waals surface area contributed by atoms with E-state index in [4.69, 9.17) is 17.3 Å². The van der Waals surface area contributed by atoms with E-state index >= 15 is 0 Å². The maximum Gasteiger partial charge on any atom is 0.127 e. The molecular formula is C13H15ClN2. The second kappa shape index (κ2) is 4.30. The molecule has 0 aliphatic heterocycles. The van der Waals surface area contributed by atoms with Crippen molar-refractivity contribution in [3.8, 4) is 0 Å². The highest BCUT2D eigenvalue weighted by Crippen LogP contribution is 2.28. The summed E-state index contributed by atoms with van der Waals surface area (Å²) in [6.07, 6.45) is 2.03. The molecule has 0 radical (unpaired) electrons. The van der Waals surface area contributed by atoms with Gasteiger partial charge in [0.25, 0.3) is 0 Å². The third kappa shape index (κ3) is 1.85. The summed E-state index contributed by atoms with van der Waals surface area (Å²) in [5.74, 6) is 0.599. The normalized spacial score (nSPS) is 10.9. The zero-order valence-corrected chi connectivity index (χ0v) is 10.3. The van der Waals surface area contributed by atoms with E-state index in [9.17, 15) is 0 Å². The van der Waals surface area contributed by atoms with Crippen molar-refractivity contribution in [2.75, 3.05) is 5.73 Å². The summed E-state index contributed by atoms with van der Waals surface area (Å²) in [7, 11) is 0. The van der Waals surface area contributed by atoms with Gasteiger partial charge in [-0.15, -0.1) is 0 Å². The molecule has 0 saturated carbocycles. The molecule has 0 unspecified atom stereocenters. The zero-order valence-electron chi connectivity index (χ0n) is 9.55. The van der Waals surface area contributed by atoms with Gasteiger partial charge in [0.15, 0.2) is 0 Å². The van der Waals surface area contributed by atoms with Crippen molar-refractivity contribution in [2.24, 2.45) is 0 Å². The number of hydrogen-bond acceptors (Lipinski definition) is 2. The monoisotopic (exact) mass is 234 g/mol.